The monoisotopic (exact) mass is 227 g/mol. The summed E-state index contributed by atoms with van der Waals surface area (Å²) in [4.78, 5) is 22.5. The first-order chi connectivity index (χ1) is 7.49. The largest absolute Gasteiger partial charge is 0.480 e. The zero-order valence-electron chi connectivity index (χ0n) is 9.22. The highest BCUT2D eigenvalue weighted by molar-refractivity contribution is 5.85. The fourth-order valence-corrected chi connectivity index (χ4v) is 2.59. The van der Waals surface area contributed by atoms with Crippen molar-refractivity contribution in [3.8, 4) is 0 Å². The van der Waals surface area contributed by atoms with Crippen molar-refractivity contribution in [2.75, 3.05) is 0 Å². The number of aliphatic hydroxyl groups excluding tert-OH is 1. The summed E-state index contributed by atoms with van der Waals surface area (Å²) in [6.07, 6.45) is 1.91. The van der Waals surface area contributed by atoms with Crippen molar-refractivity contribution in [1.82, 2.24) is 5.32 Å². The maximum atomic E-state index is 11.7. The van der Waals surface area contributed by atoms with Crippen molar-refractivity contribution < 1.29 is 19.8 Å². The van der Waals surface area contributed by atoms with E-state index in [1.165, 1.54) is 13.3 Å². The highest BCUT2D eigenvalue weighted by Gasteiger charge is 2.48. The van der Waals surface area contributed by atoms with E-state index in [9.17, 15) is 14.7 Å². The number of carboxylic acid groups (broad SMARTS) is 1. The third-order valence-electron chi connectivity index (χ3n) is 3.66. The first kappa shape index (κ1) is 11.4. The number of hydrogen-bond donors (Lipinski definition) is 3. The second-order valence-electron chi connectivity index (χ2n) is 4.99. The number of rotatable bonds is 4. The minimum atomic E-state index is -1.19. The maximum Gasteiger partial charge on any atom is 0.328 e. The molecule has 2 saturated carbocycles. The lowest BCUT2D eigenvalue weighted by Crippen LogP contribution is -2.49. The van der Waals surface area contributed by atoms with Gasteiger partial charge in [0.1, 0.15) is 0 Å². The van der Waals surface area contributed by atoms with E-state index in [0.29, 0.717) is 11.8 Å². The van der Waals surface area contributed by atoms with E-state index in [1.807, 2.05) is 0 Å². The molecule has 0 aliphatic heterocycles. The molecule has 3 N–H and O–H groups in total. The Balaban J connectivity index is 1.87. The number of hydrogen-bond acceptors (Lipinski definition) is 3. The summed E-state index contributed by atoms with van der Waals surface area (Å²) >= 11 is 0. The van der Waals surface area contributed by atoms with Gasteiger partial charge in [0.05, 0.1) is 6.10 Å². The Hall–Kier alpha value is -1.10. The number of carbonyl (C=O) groups is 2. The van der Waals surface area contributed by atoms with Crippen LogP contribution in [0.4, 0.5) is 0 Å². The lowest BCUT2D eigenvalue weighted by Gasteiger charge is -2.20. The van der Waals surface area contributed by atoms with Gasteiger partial charge in [-0.1, -0.05) is 0 Å². The minimum absolute atomic E-state index is 0.0515. The molecular formula is C11H17NO4. The Labute approximate surface area is 93.8 Å². The van der Waals surface area contributed by atoms with Gasteiger partial charge in [-0.25, -0.2) is 4.79 Å². The number of carbonyl (C=O) groups excluding carboxylic acids is 1. The molecule has 90 valence electrons. The zero-order chi connectivity index (χ0) is 11.9. The molecule has 4 atom stereocenters. The van der Waals surface area contributed by atoms with E-state index in [2.05, 4.69) is 5.32 Å². The molecule has 16 heavy (non-hydrogen) atoms. The van der Waals surface area contributed by atoms with E-state index in [0.717, 1.165) is 12.8 Å². The molecule has 0 heterocycles. The highest BCUT2D eigenvalue weighted by Crippen LogP contribution is 2.54. The van der Waals surface area contributed by atoms with Gasteiger partial charge in [0.15, 0.2) is 6.04 Å². The summed E-state index contributed by atoms with van der Waals surface area (Å²) in [6.45, 7) is 1.37. The molecule has 0 aromatic heterocycles. The molecule has 1 amide bonds. The molecular weight excluding hydrogens is 210 g/mol. The molecule has 2 aliphatic carbocycles. The first-order valence-electron chi connectivity index (χ1n) is 5.70. The highest BCUT2D eigenvalue weighted by atomic mass is 16.4. The summed E-state index contributed by atoms with van der Waals surface area (Å²) in [7, 11) is 0. The summed E-state index contributed by atoms with van der Waals surface area (Å²) in [6, 6.07) is -1.19. The molecule has 2 fully saturated rings. The standard InChI is InChI=1S/C11H17NO4/c1-5(13)9(11(15)16)12-10(14)8-3-6-2-7(6)4-8/h5-9,13H,2-4H2,1H3,(H,12,14)(H,15,16)/t5-,6?,7?,8?,9+/m1/s1. The third-order valence-corrected chi connectivity index (χ3v) is 3.66. The lowest BCUT2D eigenvalue weighted by atomic mass is 10.0. The van der Waals surface area contributed by atoms with E-state index in [-0.39, 0.29) is 11.8 Å². The average molecular weight is 227 g/mol. The van der Waals surface area contributed by atoms with Crippen molar-refractivity contribution in [3.05, 3.63) is 0 Å². The summed E-state index contributed by atoms with van der Waals surface area (Å²) < 4.78 is 0. The molecule has 5 heteroatoms. The normalized spacial score (nSPS) is 35.0. The fourth-order valence-electron chi connectivity index (χ4n) is 2.59. The van der Waals surface area contributed by atoms with Crippen molar-refractivity contribution in [1.29, 1.82) is 0 Å². The van der Waals surface area contributed by atoms with Gasteiger partial charge in [-0.2, -0.15) is 0 Å². The Kier molecular flexibility index (Phi) is 2.88. The van der Waals surface area contributed by atoms with Gasteiger partial charge in [0.25, 0.3) is 0 Å². The molecule has 2 aliphatic rings. The molecule has 0 aromatic carbocycles. The Morgan fingerprint density at radius 3 is 2.25 bits per heavy atom. The van der Waals surface area contributed by atoms with E-state index in [4.69, 9.17) is 5.11 Å². The number of nitrogens with one attached hydrogen (secondary N) is 1. The van der Waals surface area contributed by atoms with E-state index in [1.54, 1.807) is 0 Å². The molecule has 2 unspecified atom stereocenters. The van der Waals surface area contributed by atoms with Gasteiger partial charge in [0.2, 0.25) is 5.91 Å². The Bertz CT molecular complexity index is 305. The van der Waals surface area contributed by atoms with Crippen LogP contribution in [0.5, 0.6) is 0 Å². The van der Waals surface area contributed by atoms with Crippen molar-refractivity contribution in [3.63, 3.8) is 0 Å². The predicted octanol–water partition coefficient (Wildman–Crippen LogP) is -0.0173. The lowest BCUT2D eigenvalue weighted by molar-refractivity contribution is -0.145. The van der Waals surface area contributed by atoms with Gasteiger partial charge < -0.3 is 15.5 Å². The second-order valence-corrected chi connectivity index (χ2v) is 4.99. The minimum Gasteiger partial charge on any atom is -0.480 e. The van der Waals surface area contributed by atoms with Crippen LogP contribution in [0, 0.1) is 17.8 Å². The van der Waals surface area contributed by atoms with Gasteiger partial charge >= 0.3 is 5.97 Å². The number of amides is 1. The smallest absolute Gasteiger partial charge is 0.328 e. The number of fused-ring (bicyclic) bond motifs is 1. The summed E-state index contributed by atoms with van der Waals surface area (Å²) in [5.74, 6) is -0.0903. The number of aliphatic carboxylic acids is 1. The fraction of sp³-hybridized carbons (Fsp3) is 0.818. The SMILES string of the molecule is C[C@@H](O)[C@H](NC(=O)C1CC2CC2C1)C(=O)O. The van der Waals surface area contributed by atoms with Crippen LogP contribution in [-0.2, 0) is 9.59 Å². The number of carboxylic acids is 1. The Morgan fingerprint density at radius 1 is 1.25 bits per heavy atom. The van der Waals surface area contributed by atoms with Crippen LogP contribution in [-0.4, -0.2) is 34.2 Å². The quantitative estimate of drug-likeness (QED) is 0.630. The second kappa shape index (κ2) is 4.05. The van der Waals surface area contributed by atoms with E-state index >= 15 is 0 Å². The summed E-state index contributed by atoms with van der Waals surface area (Å²) in [5.41, 5.74) is 0. The predicted molar refractivity (Wildman–Crippen MR) is 55.6 cm³/mol. The van der Waals surface area contributed by atoms with Crippen LogP contribution in [0.2, 0.25) is 0 Å². The van der Waals surface area contributed by atoms with Gasteiger partial charge in [0, 0.05) is 5.92 Å². The zero-order valence-corrected chi connectivity index (χ0v) is 9.22. The average Bonchev–Trinajstić information content (AvgIpc) is 2.81. The van der Waals surface area contributed by atoms with Crippen LogP contribution in [0.25, 0.3) is 0 Å². The Morgan fingerprint density at radius 2 is 1.81 bits per heavy atom. The maximum absolute atomic E-state index is 11.7. The van der Waals surface area contributed by atoms with Crippen molar-refractivity contribution in [2.24, 2.45) is 17.8 Å². The molecule has 0 aromatic rings. The first-order valence-corrected chi connectivity index (χ1v) is 5.70. The molecule has 0 spiro atoms. The van der Waals surface area contributed by atoms with Gasteiger partial charge in [-0.05, 0) is 38.0 Å². The molecule has 0 radical (unpaired) electrons. The van der Waals surface area contributed by atoms with Crippen LogP contribution < -0.4 is 5.32 Å². The van der Waals surface area contributed by atoms with Crippen LogP contribution in [0.3, 0.4) is 0 Å². The molecule has 2 rings (SSSR count). The van der Waals surface area contributed by atoms with Crippen molar-refractivity contribution in [2.45, 2.75) is 38.3 Å². The molecule has 0 bridgehead atoms. The molecule has 5 nitrogen and oxygen atoms in total. The van der Waals surface area contributed by atoms with E-state index < -0.39 is 18.1 Å². The van der Waals surface area contributed by atoms with Crippen LogP contribution in [0.1, 0.15) is 26.2 Å². The van der Waals surface area contributed by atoms with Crippen LogP contribution in [0.15, 0.2) is 0 Å². The third kappa shape index (κ3) is 2.19. The van der Waals surface area contributed by atoms with Crippen molar-refractivity contribution >= 4 is 11.9 Å². The van der Waals surface area contributed by atoms with Crippen LogP contribution >= 0.6 is 0 Å². The molecule has 0 saturated heterocycles. The topological polar surface area (TPSA) is 86.6 Å². The summed E-state index contributed by atoms with van der Waals surface area (Å²) in [5, 5.41) is 20.5. The van der Waals surface area contributed by atoms with Gasteiger partial charge in [-0.15, -0.1) is 0 Å². The number of aliphatic hydroxyl groups is 1. The van der Waals surface area contributed by atoms with Gasteiger partial charge in [-0.3, -0.25) is 4.79 Å².